The van der Waals surface area contributed by atoms with Crippen LogP contribution in [0.5, 0.6) is 0 Å². The smallest absolute Gasteiger partial charge is 0.323 e. The monoisotopic (exact) mass is 335 g/mol. The molecule has 0 unspecified atom stereocenters. The zero-order valence-electron chi connectivity index (χ0n) is 10.6. The highest BCUT2D eigenvalue weighted by Gasteiger charge is 2.28. The summed E-state index contributed by atoms with van der Waals surface area (Å²) in [7, 11) is -3.11. The second kappa shape index (κ2) is 7.41. The summed E-state index contributed by atoms with van der Waals surface area (Å²) in [6.45, 7) is 4.27. The van der Waals surface area contributed by atoms with Crippen LogP contribution in [0.15, 0.2) is 28.7 Å². The normalized spacial score (nSPS) is 13.6. The molecule has 0 aliphatic heterocycles. The van der Waals surface area contributed by atoms with Crippen molar-refractivity contribution in [2.75, 3.05) is 19.4 Å². The van der Waals surface area contributed by atoms with Crippen molar-refractivity contribution < 1.29 is 13.6 Å². The van der Waals surface area contributed by atoms with Gasteiger partial charge in [-0.05, 0) is 25.5 Å². The first-order chi connectivity index (χ1) is 8.52. The van der Waals surface area contributed by atoms with E-state index in [4.69, 9.17) is 14.8 Å². The first-order valence-electron chi connectivity index (χ1n) is 5.90. The Morgan fingerprint density at radius 3 is 2.33 bits per heavy atom. The number of hydrogen-bond acceptors (Lipinski definition) is 4. The van der Waals surface area contributed by atoms with E-state index >= 15 is 0 Å². The van der Waals surface area contributed by atoms with Crippen molar-refractivity contribution in [3.05, 3.63) is 34.3 Å². The van der Waals surface area contributed by atoms with E-state index in [1.165, 1.54) is 0 Å². The lowest BCUT2D eigenvalue weighted by Crippen LogP contribution is -2.17. The van der Waals surface area contributed by atoms with E-state index in [2.05, 4.69) is 15.9 Å². The predicted molar refractivity (Wildman–Crippen MR) is 76.8 cm³/mol. The topological polar surface area (TPSA) is 61.5 Å². The van der Waals surface area contributed by atoms with Crippen LogP contribution in [0.4, 0.5) is 0 Å². The highest BCUT2D eigenvalue weighted by Crippen LogP contribution is 2.50. The molecule has 0 bridgehead atoms. The summed E-state index contributed by atoms with van der Waals surface area (Å²) < 4.78 is 23.7. The molecule has 0 aliphatic rings. The quantitative estimate of drug-likeness (QED) is 0.771. The van der Waals surface area contributed by atoms with E-state index in [1.807, 2.05) is 24.3 Å². The lowest BCUT2D eigenvalue weighted by atomic mass is 10.1. The number of benzene rings is 1. The van der Waals surface area contributed by atoms with Crippen molar-refractivity contribution in [1.82, 2.24) is 0 Å². The minimum atomic E-state index is -3.11. The van der Waals surface area contributed by atoms with Crippen molar-refractivity contribution in [1.29, 1.82) is 0 Å². The largest absolute Gasteiger partial charge is 0.332 e. The second-order valence-corrected chi connectivity index (χ2v) is 6.71. The van der Waals surface area contributed by atoms with Crippen molar-refractivity contribution >= 4 is 23.5 Å². The minimum absolute atomic E-state index is 0.178. The summed E-state index contributed by atoms with van der Waals surface area (Å²) in [5, 5.41) is 0. The SMILES string of the molecule is CCOP(=O)(C[C@@H](N)c1ccccc1Br)OCC. The molecule has 0 amide bonds. The van der Waals surface area contributed by atoms with Gasteiger partial charge in [-0.1, -0.05) is 34.1 Å². The Morgan fingerprint density at radius 1 is 1.28 bits per heavy atom. The van der Waals surface area contributed by atoms with Gasteiger partial charge >= 0.3 is 7.60 Å². The van der Waals surface area contributed by atoms with Gasteiger partial charge in [0.2, 0.25) is 0 Å². The third-order valence-electron chi connectivity index (χ3n) is 2.38. The fourth-order valence-corrected chi connectivity index (χ4v) is 3.98. The molecule has 6 heteroatoms. The average Bonchev–Trinajstić information content (AvgIpc) is 2.29. The Bertz CT molecular complexity index is 418. The Balaban J connectivity index is 2.82. The lowest BCUT2D eigenvalue weighted by molar-refractivity contribution is 0.218. The summed E-state index contributed by atoms with van der Waals surface area (Å²) in [6, 6.07) is 7.22. The summed E-state index contributed by atoms with van der Waals surface area (Å²) >= 11 is 3.43. The molecule has 0 heterocycles. The van der Waals surface area contributed by atoms with Crippen LogP contribution in [0.25, 0.3) is 0 Å². The zero-order valence-corrected chi connectivity index (χ0v) is 13.1. The molecule has 1 aromatic carbocycles. The third-order valence-corrected chi connectivity index (χ3v) is 5.24. The van der Waals surface area contributed by atoms with Crippen LogP contribution in [0, 0.1) is 0 Å². The molecule has 0 aliphatic carbocycles. The van der Waals surface area contributed by atoms with Crippen LogP contribution >= 0.6 is 23.5 Å². The van der Waals surface area contributed by atoms with Crippen LogP contribution in [-0.4, -0.2) is 19.4 Å². The second-order valence-electron chi connectivity index (χ2n) is 3.76. The number of rotatable bonds is 7. The maximum absolute atomic E-state index is 12.4. The van der Waals surface area contributed by atoms with Gasteiger partial charge in [-0.2, -0.15) is 0 Å². The van der Waals surface area contributed by atoms with Gasteiger partial charge in [-0.25, -0.2) is 0 Å². The molecule has 1 aromatic rings. The molecule has 0 aromatic heterocycles. The molecule has 0 saturated carbocycles. The van der Waals surface area contributed by atoms with Crippen LogP contribution in [-0.2, 0) is 13.6 Å². The van der Waals surface area contributed by atoms with Crippen LogP contribution in [0.1, 0.15) is 25.5 Å². The van der Waals surface area contributed by atoms with Gasteiger partial charge in [0, 0.05) is 10.5 Å². The summed E-state index contributed by atoms with van der Waals surface area (Å²) in [4.78, 5) is 0. The van der Waals surface area contributed by atoms with E-state index in [1.54, 1.807) is 13.8 Å². The van der Waals surface area contributed by atoms with E-state index < -0.39 is 7.60 Å². The summed E-state index contributed by atoms with van der Waals surface area (Å²) in [5.74, 6) is 0. The fourth-order valence-electron chi connectivity index (χ4n) is 1.65. The molecule has 18 heavy (non-hydrogen) atoms. The van der Waals surface area contributed by atoms with Crippen LogP contribution < -0.4 is 5.73 Å². The Labute approximate surface area is 117 Å². The van der Waals surface area contributed by atoms with E-state index in [0.717, 1.165) is 10.0 Å². The van der Waals surface area contributed by atoms with Crippen molar-refractivity contribution in [2.24, 2.45) is 5.73 Å². The Hall–Kier alpha value is -0.190. The van der Waals surface area contributed by atoms with E-state index in [0.29, 0.717) is 13.2 Å². The molecule has 102 valence electrons. The molecule has 0 saturated heterocycles. The minimum Gasteiger partial charge on any atom is -0.323 e. The molecule has 1 rings (SSSR count). The van der Waals surface area contributed by atoms with Gasteiger partial charge in [0.1, 0.15) is 0 Å². The van der Waals surface area contributed by atoms with Gasteiger partial charge < -0.3 is 14.8 Å². The van der Waals surface area contributed by atoms with Crippen molar-refractivity contribution in [3.63, 3.8) is 0 Å². The highest BCUT2D eigenvalue weighted by atomic mass is 79.9. The van der Waals surface area contributed by atoms with Gasteiger partial charge in [-0.15, -0.1) is 0 Å². The molecule has 0 radical (unpaired) electrons. The summed E-state index contributed by atoms with van der Waals surface area (Å²) in [6.07, 6.45) is 0.178. The molecule has 0 spiro atoms. The van der Waals surface area contributed by atoms with Gasteiger partial charge in [0.05, 0.1) is 19.4 Å². The molecule has 2 N–H and O–H groups in total. The molecule has 4 nitrogen and oxygen atoms in total. The Morgan fingerprint density at radius 2 is 1.83 bits per heavy atom. The highest BCUT2D eigenvalue weighted by molar-refractivity contribution is 9.10. The maximum Gasteiger partial charge on any atom is 0.332 e. The fraction of sp³-hybridized carbons (Fsp3) is 0.500. The van der Waals surface area contributed by atoms with E-state index in [-0.39, 0.29) is 12.2 Å². The first-order valence-corrected chi connectivity index (χ1v) is 8.42. The zero-order chi connectivity index (χ0) is 13.6. The summed E-state index contributed by atoms with van der Waals surface area (Å²) in [5.41, 5.74) is 6.98. The van der Waals surface area contributed by atoms with Gasteiger partial charge in [0.15, 0.2) is 0 Å². The lowest BCUT2D eigenvalue weighted by Gasteiger charge is -2.21. The number of nitrogens with two attached hydrogens (primary N) is 1. The predicted octanol–water partition coefficient (Wildman–Crippen LogP) is 3.72. The maximum atomic E-state index is 12.4. The Kier molecular flexibility index (Phi) is 6.53. The average molecular weight is 336 g/mol. The van der Waals surface area contributed by atoms with Gasteiger partial charge in [-0.3, -0.25) is 4.57 Å². The van der Waals surface area contributed by atoms with Crippen molar-refractivity contribution in [3.8, 4) is 0 Å². The number of hydrogen-bond donors (Lipinski definition) is 1. The van der Waals surface area contributed by atoms with E-state index in [9.17, 15) is 4.57 Å². The molecule has 1 atom stereocenters. The third kappa shape index (κ3) is 4.48. The molecule has 0 fully saturated rings. The standard InChI is InChI=1S/C12H19BrNO3P/c1-3-16-18(15,17-4-2)9-12(14)10-7-5-6-8-11(10)13/h5-8,12H,3-4,9,14H2,1-2H3/t12-/m1/s1. The molecular formula is C12H19BrNO3P. The van der Waals surface area contributed by atoms with Gasteiger partial charge in [0.25, 0.3) is 0 Å². The first kappa shape index (κ1) is 15.9. The van der Waals surface area contributed by atoms with Crippen molar-refractivity contribution in [2.45, 2.75) is 19.9 Å². The van der Waals surface area contributed by atoms with Crippen LogP contribution in [0.2, 0.25) is 0 Å². The number of halogens is 1. The van der Waals surface area contributed by atoms with Crippen LogP contribution in [0.3, 0.4) is 0 Å². The molecular weight excluding hydrogens is 317 g/mol.